The Hall–Kier alpha value is -1.08. The molecule has 0 aliphatic carbocycles. The van der Waals surface area contributed by atoms with Crippen LogP contribution in [0, 0.1) is 0 Å². The van der Waals surface area contributed by atoms with Gasteiger partial charge in [-0.25, -0.2) is 9.97 Å². The zero-order valence-corrected chi connectivity index (χ0v) is 10.5. The lowest BCUT2D eigenvalue weighted by Gasteiger charge is -2.16. The van der Waals surface area contributed by atoms with Crippen molar-refractivity contribution in [3.05, 3.63) is 17.0 Å². The molecule has 2 N–H and O–H groups in total. The Morgan fingerprint density at radius 2 is 2.00 bits per heavy atom. The van der Waals surface area contributed by atoms with Gasteiger partial charge in [-0.3, -0.25) is 0 Å². The van der Waals surface area contributed by atoms with Gasteiger partial charge in [-0.2, -0.15) is 13.2 Å². The van der Waals surface area contributed by atoms with Crippen molar-refractivity contribution >= 4 is 17.4 Å². The summed E-state index contributed by atoms with van der Waals surface area (Å²) in [5, 5.41) is 11.4. The number of alkyl halides is 3. The molecule has 4 nitrogen and oxygen atoms in total. The quantitative estimate of drug-likeness (QED) is 0.834. The van der Waals surface area contributed by atoms with Crippen molar-refractivity contribution < 1.29 is 18.3 Å². The predicted molar refractivity (Wildman–Crippen MR) is 61.4 cm³/mol. The number of nitrogens with zero attached hydrogens (tertiary/aromatic N) is 2. The molecule has 18 heavy (non-hydrogen) atoms. The van der Waals surface area contributed by atoms with Gasteiger partial charge < -0.3 is 10.4 Å². The lowest BCUT2D eigenvalue weighted by Crippen LogP contribution is -2.22. The van der Waals surface area contributed by atoms with E-state index in [0.717, 1.165) is 6.07 Å². The van der Waals surface area contributed by atoms with Gasteiger partial charge in [0.1, 0.15) is 5.82 Å². The van der Waals surface area contributed by atoms with Crippen LogP contribution in [-0.2, 0) is 6.18 Å². The average Bonchev–Trinajstić information content (AvgIpc) is 2.13. The molecule has 0 saturated heterocycles. The van der Waals surface area contributed by atoms with Crippen LogP contribution in [0.1, 0.15) is 26.0 Å². The standard InChI is InChI=1S/C10H13ClF3N3O/c1-5(3-6(2)18)15-8-4-7(10(12,13)14)16-9(11)17-8/h4-6,18H,3H2,1-2H3,(H,15,16,17). The maximum atomic E-state index is 12.5. The van der Waals surface area contributed by atoms with E-state index in [9.17, 15) is 13.2 Å². The molecule has 0 radical (unpaired) electrons. The fourth-order valence-electron chi connectivity index (χ4n) is 1.46. The molecule has 0 aromatic carbocycles. The summed E-state index contributed by atoms with van der Waals surface area (Å²) in [7, 11) is 0. The first-order valence-electron chi connectivity index (χ1n) is 5.25. The van der Waals surface area contributed by atoms with E-state index in [2.05, 4.69) is 15.3 Å². The Kier molecular flexibility index (Phi) is 4.75. The fraction of sp³-hybridized carbons (Fsp3) is 0.600. The smallest absolute Gasteiger partial charge is 0.393 e. The molecule has 0 fully saturated rings. The minimum atomic E-state index is -4.57. The van der Waals surface area contributed by atoms with Crippen molar-refractivity contribution in [2.75, 3.05) is 5.32 Å². The molecule has 1 heterocycles. The summed E-state index contributed by atoms with van der Waals surface area (Å²) in [6.45, 7) is 3.31. The molecular formula is C10H13ClF3N3O. The van der Waals surface area contributed by atoms with Crippen molar-refractivity contribution in [2.24, 2.45) is 0 Å². The fourth-order valence-corrected chi connectivity index (χ4v) is 1.64. The molecule has 1 aromatic rings. The lowest BCUT2D eigenvalue weighted by molar-refractivity contribution is -0.141. The molecule has 102 valence electrons. The molecule has 2 unspecified atom stereocenters. The number of halogens is 4. The van der Waals surface area contributed by atoms with E-state index in [1.807, 2.05) is 0 Å². The van der Waals surface area contributed by atoms with Gasteiger partial charge in [-0.05, 0) is 31.9 Å². The molecule has 0 amide bonds. The second-order valence-corrected chi connectivity index (χ2v) is 4.37. The zero-order chi connectivity index (χ0) is 13.9. The molecule has 1 rings (SSSR count). The third kappa shape index (κ3) is 4.66. The molecular weight excluding hydrogens is 271 g/mol. The second kappa shape index (κ2) is 5.71. The molecule has 0 aliphatic rings. The van der Waals surface area contributed by atoms with Gasteiger partial charge in [-0.15, -0.1) is 0 Å². The van der Waals surface area contributed by atoms with Gasteiger partial charge in [0.2, 0.25) is 5.28 Å². The summed E-state index contributed by atoms with van der Waals surface area (Å²) in [5.41, 5.74) is -1.10. The number of hydrogen-bond donors (Lipinski definition) is 2. The topological polar surface area (TPSA) is 58.0 Å². The van der Waals surface area contributed by atoms with E-state index in [1.54, 1.807) is 13.8 Å². The molecule has 0 saturated carbocycles. The first-order chi connectivity index (χ1) is 8.18. The highest BCUT2D eigenvalue weighted by atomic mass is 35.5. The molecule has 8 heteroatoms. The van der Waals surface area contributed by atoms with Crippen LogP contribution in [-0.4, -0.2) is 27.2 Å². The van der Waals surface area contributed by atoms with E-state index in [0.29, 0.717) is 6.42 Å². The summed E-state index contributed by atoms with van der Waals surface area (Å²) in [6.07, 6.45) is -4.76. The molecule has 2 atom stereocenters. The third-order valence-corrected chi connectivity index (χ3v) is 2.25. The van der Waals surface area contributed by atoms with E-state index in [-0.39, 0.29) is 11.9 Å². The number of aliphatic hydroxyl groups is 1. The Labute approximate surface area is 107 Å². The molecule has 0 bridgehead atoms. The highest BCUT2D eigenvalue weighted by Gasteiger charge is 2.33. The van der Waals surface area contributed by atoms with Crippen LogP contribution in [0.4, 0.5) is 19.0 Å². The molecule has 0 aliphatic heterocycles. The van der Waals surface area contributed by atoms with Gasteiger partial charge in [0, 0.05) is 12.1 Å². The number of hydrogen-bond acceptors (Lipinski definition) is 4. The predicted octanol–water partition coefficient (Wildman–Crippen LogP) is 2.72. The average molecular weight is 284 g/mol. The third-order valence-electron chi connectivity index (χ3n) is 2.08. The van der Waals surface area contributed by atoms with Crippen LogP contribution in [0.15, 0.2) is 6.07 Å². The van der Waals surface area contributed by atoms with Gasteiger partial charge in [0.15, 0.2) is 5.69 Å². The number of rotatable bonds is 4. The van der Waals surface area contributed by atoms with Crippen molar-refractivity contribution in [1.82, 2.24) is 9.97 Å². The van der Waals surface area contributed by atoms with E-state index in [4.69, 9.17) is 16.7 Å². The number of aromatic nitrogens is 2. The maximum absolute atomic E-state index is 12.5. The minimum absolute atomic E-state index is 0.0181. The van der Waals surface area contributed by atoms with E-state index in [1.165, 1.54) is 0 Å². The van der Waals surface area contributed by atoms with Gasteiger partial charge >= 0.3 is 6.18 Å². The van der Waals surface area contributed by atoms with Crippen molar-refractivity contribution in [3.8, 4) is 0 Å². The Morgan fingerprint density at radius 1 is 1.39 bits per heavy atom. The highest BCUT2D eigenvalue weighted by Crippen LogP contribution is 2.29. The first kappa shape index (κ1) is 15.0. The number of anilines is 1. The lowest BCUT2D eigenvalue weighted by atomic mass is 10.1. The molecule has 1 aromatic heterocycles. The van der Waals surface area contributed by atoms with Crippen LogP contribution in [0.5, 0.6) is 0 Å². The highest BCUT2D eigenvalue weighted by molar-refractivity contribution is 6.28. The van der Waals surface area contributed by atoms with E-state index < -0.39 is 23.3 Å². The summed E-state index contributed by atoms with van der Waals surface area (Å²) in [4.78, 5) is 6.77. The zero-order valence-electron chi connectivity index (χ0n) is 9.79. The summed E-state index contributed by atoms with van der Waals surface area (Å²) in [5.74, 6) is -0.0181. The number of nitrogens with one attached hydrogen (secondary N) is 1. The summed E-state index contributed by atoms with van der Waals surface area (Å²) in [6, 6.07) is 0.543. The van der Waals surface area contributed by atoms with Crippen LogP contribution in [0.3, 0.4) is 0 Å². The van der Waals surface area contributed by atoms with Crippen LogP contribution in [0.2, 0.25) is 5.28 Å². The van der Waals surface area contributed by atoms with Crippen molar-refractivity contribution in [2.45, 2.75) is 38.6 Å². The monoisotopic (exact) mass is 283 g/mol. The Morgan fingerprint density at radius 3 is 2.50 bits per heavy atom. The SMILES string of the molecule is CC(O)CC(C)Nc1cc(C(F)(F)F)nc(Cl)n1. The van der Waals surface area contributed by atoms with Gasteiger partial charge in [-0.1, -0.05) is 0 Å². The number of aliphatic hydroxyl groups excluding tert-OH is 1. The second-order valence-electron chi connectivity index (χ2n) is 4.04. The normalized spacial score (nSPS) is 15.3. The maximum Gasteiger partial charge on any atom is 0.433 e. The largest absolute Gasteiger partial charge is 0.433 e. The summed E-state index contributed by atoms with van der Waals surface area (Å²) < 4.78 is 37.4. The van der Waals surface area contributed by atoms with Crippen LogP contribution >= 0.6 is 11.6 Å². The van der Waals surface area contributed by atoms with Crippen LogP contribution in [0.25, 0.3) is 0 Å². The van der Waals surface area contributed by atoms with Gasteiger partial charge in [0.05, 0.1) is 6.10 Å². The van der Waals surface area contributed by atoms with Crippen molar-refractivity contribution in [1.29, 1.82) is 0 Å². The molecule has 0 spiro atoms. The van der Waals surface area contributed by atoms with Crippen molar-refractivity contribution in [3.63, 3.8) is 0 Å². The van der Waals surface area contributed by atoms with E-state index >= 15 is 0 Å². The Bertz CT molecular complexity index is 412. The summed E-state index contributed by atoms with van der Waals surface area (Å²) >= 11 is 5.43. The van der Waals surface area contributed by atoms with Gasteiger partial charge in [0.25, 0.3) is 0 Å². The minimum Gasteiger partial charge on any atom is -0.393 e. The Balaban J connectivity index is 2.87. The van der Waals surface area contributed by atoms with Crippen LogP contribution < -0.4 is 5.32 Å². The first-order valence-corrected chi connectivity index (χ1v) is 5.62.